The van der Waals surface area contributed by atoms with Gasteiger partial charge in [0.2, 0.25) is 0 Å². The molecule has 1 aromatic carbocycles. The molecule has 4 nitrogen and oxygen atoms in total. The summed E-state index contributed by atoms with van der Waals surface area (Å²) >= 11 is 0. The van der Waals surface area contributed by atoms with Crippen LogP contribution in [-0.4, -0.2) is 10.9 Å². The highest BCUT2D eigenvalue weighted by Gasteiger charge is 2.08. The smallest absolute Gasteiger partial charge is 0.255 e. The van der Waals surface area contributed by atoms with Crippen LogP contribution in [0.25, 0.3) is 0 Å². The van der Waals surface area contributed by atoms with Crippen molar-refractivity contribution in [2.75, 3.05) is 11.1 Å². The van der Waals surface area contributed by atoms with E-state index in [9.17, 15) is 4.79 Å². The maximum Gasteiger partial charge on any atom is 0.255 e. The minimum atomic E-state index is -0.180. The van der Waals surface area contributed by atoms with Crippen molar-refractivity contribution in [3.05, 3.63) is 52.7 Å². The molecule has 4 heteroatoms. The summed E-state index contributed by atoms with van der Waals surface area (Å²) in [5.41, 5.74) is 10.0. The molecule has 3 N–H and O–H groups in total. The first-order valence-electron chi connectivity index (χ1n) is 6.08. The highest BCUT2D eigenvalue weighted by molar-refractivity contribution is 6.04. The second-order valence-corrected chi connectivity index (χ2v) is 4.68. The van der Waals surface area contributed by atoms with Crippen LogP contribution in [0.15, 0.2) is 30.3 Å². The standard InChI is InChI=1S/C15H17N3O/c1-9-4-5-13(6-10(9)2)18-15(19)12-7-11(3)17-14(16)8-12/h4-8H,1-3H3,(H2,16,17)(H,18,19). The van der Waals surface area contributed by atoms with Crippen molar-refractivity contribution in [3.63, 3.8) is 0 Å². The Hall–Kier alpha value is -2.36. The third kappa shape index (κ3) is 3.10. The Balaban J connectivity index is 2.22. The quantitative estimate of drug-likeness (QED) is 0.867. The molecular formula is C15H17N3O. The fourth-order valence-corrected chi connectivity index (χ4v) is 1.85. The summed E-state index contributed by atoms with van der Waals surface area (Å²) < 4.78 is 0. The highest BCUT2D eigenvalue weighted by atomic mass is 16.1. The molecule has 0 fully saturated rings. The van der Waals surface area contributed by atoms with E-state index in [2.05, 4.69) is 10.3 Å². The lowest BCUT2D eigenvalue weighted by molar-refractivity contribution is 0.102. The van der Waals surface area contributed by atoms with Crippen molar-refractivity contribution in [1.82, 2.24) is 4.98 Å². The van der Waals surface area contributed by atoms with Crippen LogP contribution >= 0.6 is 0 Å². The van der Waals surface area contributed by atoms with E-state index in [0.29, 0.717) is 11.4 Å². The van der Waals surface area contributed by atoms with Crippen LogP contribution in [0.5, 0.6) is 0 Å². The van der Waals surface area contributed by atoms with E-state index < -0.39 is 0 Å². The molecule has 1 amide bonds. The summed E-state index contributed by atoms with van der Waals surface area (Å²) in [6.07, 6.45) is 0. The van der Waals surface area contributed by atoms with E-state index in [1.54, 1.807) is 12.1 Å². The van der Waals surface area contributed by atoms with Gasteiger partial charge in [-0.3, -0.25) is 4.79 Å². The lowest BCUT2D eigenvalue weighted by atomic mass is 10.1. The van der Waals surface area contributed by atoms with Crippen molar-refractivity contribution in [2.45, 2.75) is 20.8 Å². The Morgan fingerprint density at radius 2 is 1.84 bits per heavy atom. The van der Waals surface area contributed by atoms with Gasteiger partial charge in [-0.25, -0.2) is 4.98 Å². The second-order valence-electron chi connectivity index (χ2n) is 4.68. The van der Waals surface area contributed by atoms with E-state index in [1.165, 1.54) is 5.56 Å². The van der Waals surface area contributed by atoms with Gasteiger partial charge in [-0.15, -0.1) is 0 Å². The normalized spacial score (nSPS) is 10.3. The number of nitrogens with one attached hydrogen (secondary N) is 1. The number of amides is 1. The van der Waals surface area contributed by atoms with Crippen molar-refractivity contribution >= 4 is 17.4 Å². The molecule has 1 aromatic heterocycles. The molecule has 0 atom stereocenters. The van der Waals surface area contributed by atoms with Crippen molar-refractivity contribution in [3.8, 4) is 0 Å². The number of hydrogen-bond donors (Lipinski definition) is 2. The number of carbonyl (C=O) groups is 1. The monoisotopic (exact) mass is 255 g/mol. The molecule has 0 saturated heterocycles. The van der Waals surface area contributed by atoms with Crippen molar-refractivity contribution < 1.29 is 4.79 Å². The van der Waals surface area contributed by atoms with Gasteiger partial charge in [0, 0.05) is 16.9 Å². The van der Waals surface area contributed by atoms with Crippen molar-refractivity contribution in [1.29, 1.82) is 0 Å². The number of nitrogen functional groups attached to an aromatic ring is 1. The van der Waals surface area contributed by atoms with E-state index in [4.69, 9.17) is 5.73 Å². The summed E-state index contributed by atoms with van der Waals surface area (Å²) in [5, 5.41) is 2.86. The molecular weight excluding hydrogens is 238 g/mol. The molecule has 0 radical (unpaired) electrons. The number of anilines is 2. The number of rotatable bonds is 2. The molecule has 0 saturated carbocycles. The van der Waals surface area contributed by atoms with Crippen LogP contribution in [-0.2, 0) is 0 Å². The summed E-state index contributed by atoms with van der Waals surface area (Å²) in [5.74, 6) is 0.172. The second kappa shape index (κ2) is 5.10. The maximum absolute atomic E-state index is 12.1. The van der Waals surface area contributed by atoms with Crippen LogP contribution in [0.2, 0.25) is 0 Å². The number of carbonyl (C=O) groups excluding carboxylic acids is 1. The van der Waals surface area contributed by atoms with E-state index >= 15 is 0 Å². The van der Waals surface area contributed by atoms with Crippen LogP contribution in [0.3, 0.4) is 0 Å². The largest absolute Gasteiger partial charge is 0.384 e. The molecule has 2 aromatic rings. The van der Waals surface area contributed by atoms with Crippen molar-refractivity contribution in [2.24, 2.45) is 0 Å². The molecule has 98 valence electrons. The zero-order valence-corrected chi connectivity index (χ0v) is 11.3. The summed E-state index contributed by atoms with van der Waals surface area (Å²) in [7, 11) is 0. The molecule has 19 heavy (non-hydrogen) atoms. The first-order chi connectivity index (χ1) is 8.95. The average molecular weight is 255 g/mol. The van der Waals surface area contributed by atoms with E-state index in [0.717, 1.165) is 16.9 Å². The molecule has 0 unspecified atom stereocenters. The Bertz CT molecular complexity index is 615. The SMILES string of the molecule is Cc1cc(C(=O)Nc2ccc(C)c(C)c2)cc(N)n1. The zero-order chi connectivity index (χ0) is 14.0. The van der Waals surface area contributed by atoms with Gasteiger partial charge in [0.15, 0.2) is 0 Å². The van der Waals surface area contributed by atoms with Gasteiger partial charge < -0.3 is 11.1 Å². The third-order valence-corrected chi connectivity index (χ3v) is 3.00. The molecule has 0 aliphatic heterocycles. The van der Waals surface area contributed by atoms with Crippen LogP contribution in [0.1, 0.15) is 27.2 Å². The van der Waals surface area contributed by atoms with Gasteiger partial charge in [-0.05, 0) is 56.2 Å². The molecule has 2 rings (SSSR count). The Labute approximate surface area is 112 Å². The van der Waals surface area contributed by atoms with Gasteiger partial charge in [0.05, 0.1) is 0 Å². The van der Waals surface area contributed by atoms with Gasteiger partial charge in [0.25, 0.3) is 5.91 Å². The highest BCUT2D eigenvalue weighted by Crippen LogP contribution is 2.16. The molecule has 0 spiro atoms. The number of pyridine rings is 1. The minimum absolute atomic E-state index is 0.180. The maximum atomic E-state index is 12.1. The average Bonchev–Trinajstić information content (AvgIpc) is 2.32. The molecule has 0 aliphatic carbocycles. The Kier molecular flexibility index (Phi) is 3.51. The third-order valence-electron chi connectivity index (χ3n) is 3.00. The number of benzene rings is 1. The molecule has 0 aliphatic rings. The predicted molar refractivity (Wildman–Crippen MR) is 77.3 cm³/mol. The summed E-state index contributed by atoms with van der Waals surface area (Å²) in [6.45, 7) is 5.86. The first kappa shape index (κ1) is 13.1. The fraction of sp³-hybridized carbons (Fsp3) is 0.200. The van der Waals surface area contributed by atoms with Gasteiger partial charge in [-0.1, -0.05) is 6.07 Å². The van der Waals surface area contributed by atoms with Gasteiger partial charge >= 0.3 is 0 Å². The number of aryl methyl sites for hydroxylation is 3. The number of aromatic nitrogens is 1. The van der Waals surface area contributed by atoms with Gasteiger partial charge in [0.1, 0.15) is 5.82 Å². The predicted octanol–water partition coefficient (Wildman–Crippen LogP) is 2.84. The zero-order valence-electron chi connectivity index (χ0n) is 11.3. The number of nitrogens with zero attached hydrogens (tertiary/aromatic N) is 1. The van der Waals surface area contributed by atoms with Crippen LogP contribution in [0.4, 0.5) is 11.5 Å². The van der Waals surface area contributed by atoms with E-state index in [1.807, 2.05) is 39.0 Å². The molecule has 0 bridgehead atoms. The Morgan fingerprint density at radius 1 is 1.11 bits per heavy atom. The topological polar surface area (TPSA) is 68.0 Å². The summed E-state index contributed by atoms with van der Waals surface area (Å²) in [4.78, 5) is 16.2. The number of hydrogen-bond acceptors (Lipinski definition) is 3. The van der Waals surface area contributed by atoms with Gasteiger partial charge in [-0.2, -0.15) is 0 Å². The Morgan fingerprint density at radius 3 is 2.47 bits per heavy atom. The van der Waals surface area contributed by atoms with E-state index in [-0.39, 0.29) is 5.91 Å². The van der Waals surface area contributed by atoms with Crippen LogP contribution < -0.4 is 11.1 Å². The lowest BCUT2D eigenvalue weighted by Gasteiger charge is -2.08. The molecule has 1 heterocycles. The first-order valence-corrected chi connectivity index (χ1v) is 6.08. The summed E-state index contributed by atoms with van der Waals surface area (Å²) in [6, 6.07) is 9.11. The lowest BCUT2D eigenvalue weighted by Crippen LogP contribution is -2.13. The number of nitrogens with two attached hydrogens (primary N) is 1. The minimum Gasteiger partial charge on any atom is -0.384 e. The fourth-order valence-electron chi connectivity index (χ4n) is 1.85. The van der Waals surface area contributed by atoms with Crippen LogP contribution in [0, 0.1) is 20.8 Å².